The molecule has 2 N–H and O–H groups in total. The van der Waals surface area contributed by atoms with Gasteiger partial charge in [-0.2, -0.15) is 0 Å². The quantitative estimate of drug-likeness (QED) is 0.892. The molecule has 2 fully saturated rings. The van der Waals surface area contributed by atoms with Crippen molar-refractivity contribution in [3.8, 4) is 0 Å². The number of hydrogen-bond acceptors (Lipinski definition) is 3. The first-order valence-corrected chi connectivity index (χ1v) is 8.01. The van der Waals surface area contributed by atoms with Crippen LogP contribution in [0.5, 0.6) is 0 Å². The van der Waals surface area contributed by atoms with Crippen molar-refractivity contribution in [1.82, 2.24) is 9.80 Å². The van der Waals surface area contributed by atoms with Crippen molar-refractivity contribution < 1.29 is 0 Å². The topological polar surface area (TPSA) is 32.5 Å². The lowest BCUT2D eigenvalue weighted by molar-refractivity contribution is 0.0892. The van der Waals surface area contributed by atoms with Gasteiger partial charge in [-0.25, -0.2) is 0 Å². The molecule has 1 heterocycles. The molecular weight excluding hydrogens is 246 g/mol. The molecular formula is C17H27N3. The van der Waals surface area contributed by atoms with E-state index in [9.17, 15) is 0 Å². The Hall–Kier alpha value is -0.900. The number of hydrogen-bond donors (Lipinski definition) is 1. The highest BCUT2D eigenvalue weighted by molar-refractivity contribution is 5.20. The van der Waals surface area contributed by atoms with Crippen molar-refractivity contribution in [2.24, 2.45) is 11.7 Å². The minimum Gasteiger partial charge on any atom is -0.323 e. The van der Waals surface area contributed by atoms with E-state index in [-0.39, 0.29) is 6.04 Å². The molecule has 1 saturated carbocycles. The molecule has 1 saturated heterocycles. The van der Waals surface area contributed by atoms with Crippen LogP contribution in [0.15, 0.2) is 30.3 Å². The standard InChI is InChI=1S/C17H27N3/c1-14(17(18)16-5-3-2-4-6-16)20-11-9-19(10-12-20)13-15-7-8-15/h2-6,14-15,17H,7-13,18H2,1H3. The Balaban J connectivity index is 1.51. The summed E-state index contributed by atoms with van der Waals surface area (Å²) in [6.07, 6.45) is 2.91. The first-order valence-electron chi connectivity index (χ1n) is 8.01. The van der Waals surface area contributed by atoms with Crippen molar-refractivity contribution in [2.45, 2.75) is 31.8 Å². The summed E-state index contributed by atoms with van der Waals surface area (Å²) in [5.41, 5.74) is 7.69. The maximum Gasteiger partial charge on any atom is 0.0450 e. The van der Waals surface area contributed by atoms with Crippen molar-refractivity contribution in [1.29, 1.82) is 0 Å². The highest BCUT2D eigenvalue weighted by Crippen LogP contribution is 2.30. The van der Waals surface area contributed by atoms with Gasteiger partial charge in [-0.05, 0) is 31.2 Å². The summed E-state index contributed by atoms with van der Waals surface area (Å²) in [6, 6.07) is 11.0. The Bertz CT molecular complexity index is 408. The van der Waals surface area contributed by atoms with Crippen LogP contribution in [0, 0.1) is 5.92 Å². The van der Waals surface area contributed by atoms with E-state index < -0.39 is 0 Å². The van der Waals surface area contributed by atoms with Crippen molar-refractivity contribution in [3.05, 3.63) is 35.9 Å². The third-order valence-electron chi connectivity index (χ3n) is 4.90. The van der Waals surface area contributed by atoms with Crippen LogP contribution < -0.4 is 5.73 Å². The van der Waals surface area contributed by atoms with Gasteiger partial charge < -0.3 is 10.6 Å². The minimum atomic E-state index is 0.117. The van der Waals surface area contributed by atoms with Gasteiger partial charge in [-0.1, -0.05) is 30.3 Å². The van der Waals surface area contributed by atoms with Gasteiger partial charge in [0.2, 0.25) is 0 Å². The summed E-state index contributed by atoms with van der Waals surface area (Å²) in [7, 11) is 0. The molecule has 1 aromatic rings. The van der Waals surface area contributed by atoms with E-state index in [1.54, 1.807) is 0 Å². The maximum atomic E-state index is 6.44. The third-order valence-corrected chi connectivity index (χ3v) is 4.90. The summed E-state index contributed by atoms with van der Waals surface area (Å²) in [4.78, 5) is 5.19. The van der Waals surface area contributed by atoms with Crippen molar-refractivity contribution in [3.63, 3.8) is 0 Å². The van der Waals surface area contributed by atoms with Crippen LogP contribution in [0.2, 0.25) is 0 Å². The average molecular weight is 273 g/mol. The third kappa shape index (κ3) is 3.40. The Morgan fingerprint density at radius 3 is 2.35 bits per heavy atom. The normalized spacial score (nSPS) is 24.5. The molecule has 3 nitrogen and oxygen atoms in total. The number of nitrogens with two attached hydrogens (primary N) is 1. The van der Waals surface area contributed by atoms with Gasteiger partial charge in [0.05, 0.1) is 0 Å². The molecule has 3 heteroatoms. The van der Waals surface area contributed by atoms with E-state index in [4.69, 9.17) is 5.73 Å². The number of piperazine rings is 1. The summed E-state index contributed by atoms with van der Waals surface area (Å²) in [5, 5.41) is 0. The number of benzene rings is 1. The van der Waals surface area contributed by atoms with Crippen LogP contribution in [0.25, 0.3) is 0 Å². The van der Waals surface area contributed by atoms with Crippen LogP contribution in [-0.4, -0.2) is 48.6 Å². The summed E-state index contributed by atoms with van der Waals surface area (Å²) < 4.78 is 0. The van der Waals surface area contributed by atoms with Gasteiger partial charge in [0.15, 0.2) is 0 Å². The fraction of sp³-hybridized carbons (Fsp3) is 0.647. The fourth-order valence-corrected chi connectivity index (χ4v) is 3.20. The van der Waals surface area contributed by atoms with E-state index in [0.29, 0.717) is 6.04 Å². The highest BCUT2D eigenvalue weighted by atomic mass is 15.3. The molecule has 0 bridgehead atoms. The average Bonchev–Trinajstić information content (AvgIpc) is 3.31. The van der Waals surface area contributed by atoms with Gasteiger partial charge in [0.1, 0.15) is 0 Å². The van der Waals surface area contributed by atoms with E-state index in [0.717, 1.165) is 19.0 Å². The molecule has 1 aliphatic carbocycles. The lowest BCUT2D eigenvalue weighted by Crippen LogP contribution is -2.52. The largest absolute Gasteiger partial charge is 0.323 e. The van der Waals surface area contributed by atoms with Crippen LogP contribution in [0.4, 0.5) is 0 Å². The number of rotatable bonds is 5. The van der Waals surface area contributed by atoms with E-state index in [1.807, 2.05) is 0 Å². The van der Waals surface area contributed by atoms with Crippen LogP contribution in [0.1, 0.15) is 31.4 Å². The molecule has 0 aromatic heterocycles. The van der Waals surface area contributed by atoms with Gasteiger partial charge in [-0.15, -0.1) is 0 Å². The molecule has 20 heavy (non-hydrogen) atoms. The Morgan fingerprint density at radius 1 is 1.10 bits per heavy atom. The molecule has 0 amide bonds. The lowest BCUT2D eigenvalue weighted by atomic mass is 9.99. The second-order valence-corrected chi connectivity index (χ2v) is 6.46. The highest BCUT2D eigenvalue weighted by Gasteiger charge is 2.29. The zero-order valence-electron chi connectivity index (χ0n) is 12.5. The first kappa shape index (κ1) is 14.1. The summed E-state index contributed by atoms with van der Waals surface area (Å²) in [5.74, 6) is 1.01. The van der Waals surface area contributed by atoms with Gasteiger partial charge >= 0.3 is 0 Å². The number of nitrogens with zero attached hydrogens (tertiary/aromatic N) is 2. The monoisotopic (exact) mass is 273 g/mol. The summed E-state index contributed by atoms with van der Waals surface area (Å²) >= 11 is 0. The van der Waals surface area contributed by atoms with E-state index >= 15 is 0 Å². The van der Waals surface area contributed by atoms with Crippen molar-refractivity contribution >= 4 is 0 Å². The minimum absolute atomic E-state index is 0.117. The van der Waals surface area contributed by atoms with E-state index in [2.05, 4.69) is 47.1 Å². The molecule has 2 aliphatic rings. The van der Waals surface area contributed by atoms with Gasteiger partial charge in [-0.3, -0.25) is 4.90 Å². The molecule has 2 unspecified atom stereocenters. The molecule has 1 aliphatic heterocycles. The second-order valence-electron chi connectivity index (χ2n) is 6.46. The predicted octanol–water partition coefficient (Wildman–Crippen LogP) is 2.10. The molecule has 1 aromatic carbocycles. The second kappa shape index (κ2) is 6.25. The zero-order valence-corrected chi connectivity index (χ0v) is 12.5. The molecule has 0 spiro atoms. The molecule has 2 atom stereocenters. The first-order chi connectivity index (χ1) is 9.74. The maximum absolute atomic E-state index is 6.44. The van der Waals surface area contributed by atoms with Crippen LogP contribution >= 0.6 is 0 Å². The zero-order chi connectivity index (χ0) is 13.9. The lowest BCUT2D eigenvalue weighted by Gasteiger charge is -2.40. The summed E-state index contributed by atoms with van der Waals surface area (Å²) in [6.45, 7) is 8.34. The van der Waals surface area contributed by atoms with E-state index in [1.165, 1.54) is 38.0 Å². The Kier molecular flexibility index (Phi) is 4.39. The van der Waals surface area contributed by atoms with Gasteiger partial charge in [0.25, 0.3) is 0 Å². The Morgan fingerprint density at radius 2 is 1.75 bits per heavy atom. The molecule has 110 valence electrons. The predicted molar refractivity (Wildman–Crippen MR) is 83.6 cm³/mol. The van der Waals surface area contributed by atoms with Crippen LogP contribution in [-0.2, 0) is 0 Å². The smallest absolute Gasteiger partial charge is 0.0450 e. The Labute approximate surface area is 122 Å². The molecule has 0 radical (unpaired) electrons. The van der Waals surface area contributed by atoms with Gasteiger partial charge in [0, 0.05) is 44.8 Å². The SMILES string of the molecule is CC(C(N)c1ccccc1)N1CCN(CC2CC2)CC1. The van der Waals surface area contributed by atoms with Crippen molar-refractivity contribution in [2.75, 3.05) is 32.7 Å². The van der Waals surface area contributed by atoms with Crippen LogP contribution in [0.3, 0.4) is 0 Å². The fourth-order valence-electron chi connectivity index (χ4n) is 3.20. The molecule has 3 rings (SSSR count).